The zero-order chi connectivity index (χ0) is 16.8. The standard InChI is InChI=1S/C18H15BrN2O3/c1-9-11(7-20)17(18-13(21-9)3-2-4-14(18)22)10-5-15-16(6-12(10)19)24-8-23-15/h5-6,17,21H,2-4,8H2,1H3. The van der Waals surface area contributed by atoms with Crippen LogP contribution in [-0.2, 0) is 4.79 Å². The Labute approximate surface area is 148 Å². The van der Waals surface area contributed by atoms with E-state index in [1.165, 1.54) is 0 Å². The number of hydrogen-bond acceptors (Lipinski definition) is 5. The van der Waals surface area contributed by atoms with Crippen LogP contribution in [0.4, 0.5) is 0 Å². The number of carbonyl (C=O) groups is 1. The van der Waals surface area contributed by atoms with E-state index in [9.17, 15) is 10.1 Å². The van der Waals surface area contributed by atoms with Crippen LogP contribution < -0.4 is 14.8 Å². The zero-order valence-electron chi connectivity index (χ0n) is 13.1. The maximum atomic E-state index is 12.6. The third kappa shape index (κ3) is 2.23. The van der Waals surface area contributed by atoms with Crippen LogP contribution in [0.1, 0.15) is 37.7 Å². The quantitative estimate of drug-likeness (QED) is 0.796. The fourth-order valence-corrected chi connectivity index (χ4v) is 4.15. The van der Waals surface area contributed by atoms with Gasteiger partial charge in [0.1, 0.15) is 0 Å². The van der Waals surface area contributed by atoms with E-state index in [2.05, 4.69) is 27.3 Å². The number of dihydropyridines is 1. The van der Waals surface area contributed by atoms with Gasteiger partial charge in [0, 0.05) is 27.9 Å². The van der Waals surface area contributed by atoms with Crippen molar-refractivity contribution in [3.05, 3.63) is 44.7 Å². The van der Waals surface area contributed by atoms with Crippen molar-refractivity contribution in [1.82, 2.24) is 5.32 Å². The van der Waals surface area contributed by atoms with Gasteiger partial charge in [0.25, 0.3) is 0 Å². The molecule has 3 aliphatic rings. The largest absolute Gasteiger partial charge is 0.454 e. The molecule has 24 heavy (non-hydrogen) atoms. The molecule has 1 N–H and O–H groups in total. The fraction of sp³-hybridized carbons (Fsp3) is 0.333. The number of allylic oxidation sites excluding steroid dienone is 4. The first-order chi connectivity index (χ1) is 11.6. The van der Waals surface area contributed by atoms with Gasteiger partial charge in [-0.2, -0.15) is 5.26 Å². The van der Waals surface area contributed by atoms with Crippen molar-refractivity contribution in [2.24, 2.45) is 0 Å². The summed E-state index contributed by atoms with van der Waals surface area (Å²) < 4.78 is 11.7. The van der Waals surface area contributed by atoms with Gasteiger partial charge in [-0.15, -0.1) is 0 Å². The van der Waals surface area contributed by atoms with E-state index in [-0.39, 0.29) is 18.5 Å². The molecule has 5 nitrogen and oxygen atoms in total. The highest BCUT2D eigenvalue weighted by Gasteiger charge is 2.37. The zero-order valence-corrected chi connectivity index (χ0v) is 14.7. The molecule has 122 valence electrons. The highest BCUT2D eigenvalue weighted by Crippen LogP contribution is 2.47. The predicted octanol–water partition coefficient (Wildman–Crippen LogP) is 3.67. The van der Waals surface area contributed by atoms with Crippen molar-refractivity contribution in [3.8, 4) is 17.6 Å². The highest BCUT2D eigenvalue weighted by molar-refractivity contribution is 9.10. The Morgan fingerprint density at radius 3 is 2.79 bits per heavy atom. The Kier molecular flexibility index (Phi) is 3.61. The van der Waals surface area contributed by atoms with Gasteiger partial charge in [0.2, 0.25) is 6.79 Å². The molecule has 0 radical (unpaired) electrons. The number of ketones is 1. The number of benzene rings is 1. The van der Waals surface area contributed by atoms with Gasteiger partial charge >= 0.3 is 0 Å². The number of Topliss-reactive ketones (excluding diaryl/α,β-unsaturated/α-hetero) is 1. The van der Waals surface area contributed by atoms with Crippen LogP contribution >= 0.6 is 15.9 Å². The molecule has 0 spiro atoms. The normalized spacial score (nSPS) is 22.2. The fourth-order valence-electron chi connectivity index (χ4n) is 3.60. The molecule has 0 saturated carbocycles. The first-order valence-corrected chi connectivity index (χ1v) is 8.62. The van der Waals surface area contributed by atoms with E-state index in [1.807, 2.05) is 19.1 Å². The lowest BCUT2D eigenvalue weighted by molar-refractivity contribution is -0.116. The van der Waals surface area contributed by atoms with Crippen LogP contribution in [0, 0.1) is 11.3 Å². The number of fused-ring (bicyclic) bond motifs is 1. The molecule has 1 aliphatic carbocycles. The molecule has 1 aromatic rings. The summed E-state index contributed by atoms with van der Waals surface area (Å²) in [6, 6.07) is 6.01. The monoisotopic (exact) mass is 386 g/mol. The van der Waals surface area contributed by atoms with Crippen LogP contribution in [-0.4, -0.2) is 12.6 Å². The van der Waals surface area contributed by atoms with Crippen molar-refractivity contribution in [3.63, 3.8) is 0 Å². The number of nitrogens with one attached hydrogen (secondary N) is 1. The first-order valence-electron chi connectivity index (χ1n) is 7.83. The minimum absolute atomic E-state index is 0.110. The minimum Gasteiger partial charge on any atom is -0.454 e. The van der Waals surface area contributed by atoms with Crippen LogP contribution in [0.25, 0.3) is 0 Å². The lowest BCUT2D eigenvalue weighted by Gasteiger charge is -2.33. The van der Waals surface area contributed by atoms with Crippen LogP contribution in [0.3, 0.4) is 0 Å². The van der Waals surface area contributed by atoms with E-state index in [0.29, 0.717) is 29.1 Å². The molecule has 0 fully saturated rings. The molecule has 0 saturated heterocycles. The van der Waals surface area contributed by atoms with Gasteiger partial charge in [0.05, 0.1) is 17.6 Å². The summed E-state index contributed by atoms with van der Waals surface area (Å²) in [6.07, 6.45) is 2.20. The Morgan fingerprint density at radius 2 is 2.04 bits per heavy atom. The molecule has 2 heterocycles. The lowest BCUT2D eigenvalue weighted by atomic mass is 9.75. The van der Waals surface area contributed by atoms with Gasteiger partial charge in [0.15, 0.2) is 17.3 Å². The average molecular weight is 387 g/mol. The number of nitrogens with zero attached hydrogens (tertiary/aromatic N) is 1. The topological polar surface area (TPSA) is 71.3 Å². The SMILES string of the molecule is CC1=C(C#N)C(c2cc3c(cc2Br)OCO3)C2=C(CCCC2=O)N1. The minimum atomic E-state index is -0.372. The maximum Gasteiger partial charge on any atom is 0.231 e. The number of carbonyl (C=O) groups excluding carboxylic acids is 1. The van der Waals surface area contributed by atoms with E-state index < -0.39 is 0 Å². The second kappa shape index (κ2) is 5.67. The van der Waals surface area contributed by atoms with E-state index in [0.717, 1.165) is 34.3 Å². The van der Waals surface area contributed by atoms with Crippen molar-refractivity contribution >= 4 is 21.7 Å². The molecule has 0 bridgehead atoms. The third-order valence-corrected chi connectivity index (χ3v) is 5.39. The molecule has 1 unspecified atom stereocenters. The maximum absolute atomic E-state index is 12.6. The second-order valence-corrected chi connectivity index (χ2v) is 6.96. The molecule has 2 aliphatic heterocycles. The molecular weight excluding hydrogens is 372 g/mol. The molecule has 0 aromatic heterocycles. The van der Waals surface area contributed by atoms with Crippen molar-refractivity contribution in [2.75, 3.05) is 6.79 Å². The number of rotatable bonds is 1. The molecule has 0 amide bonds. The first kappa shape index (κ1) is 15.3. The van der Waals surface area contributed by atoms with Crippen LogP contribution in [0.15, 0.2) is 39.1 Å². The van der Waals surface area contributed by atoms with Gasteiger partial charge in [-0.1, -0.05) is 15.9 Å². The second-order valence-electron chi connectivity index (χ2n) is 6.10. The van der Waals surface area contributed by atoms with Crippen molar-refractivity contribution < 1.29 is 14.3 Å². The Morgan fingerprint density at radius 1 is 1.29 bits per heavy atom. The molecular formula is C18H15BrN2O3. The Balaban J connectivity index is 1.93. The smallest absolute Gasteiger partial charge is 0.231 e. The summed E-state index contributed by atoms with van der Waals surface area (Å²) in [7, 11) is 0. The molecule has 1 atom stereocenters. The Hall–Kier alpha value is -2.26. The van der Waals surface area contributed by atoms with Gasteiger partial charge in [-0.25, -0.2) is 0 Å². The van der Waals surface area contributed by atoms with Gasteiger partial charge in [-0.3, -0.25) is 4.79 Å². The molecule has 4 rings (SSSR count). The summed E-state index contributed by atoms with van der Waals surface area (Å²) >= 11 is 3.58. The van der Waals surface area contributed by atoms with Gasteiger partial charge < -0.3 is 14.8 Å². The number of nitriles is 1. The summed E-state index contributed by atoms with van der Waals surface area (Å²) in [5, 5.41) is 13.0. The van der Waals surface area contributed by atoms with Crippen LogP contribution in [0.2, 0.25) is 0 Å². The number of ether oxygens (including phenoxy) is 2. The average Bonchev–Trinajstić information content (AvgIpc) is 3.00. The summed E-state index contributed by atoms with van der Waals surface area (Å²) in [4.78, 5) is 12.6. The number of halogens is 1. The molecule has 6 heteroatoms. The predicted molar refractivity (Wildman–Crippen MR) is 90.3 cm³/mol. The molecule has 1 aromatic carbocycles. The highest BCUT2D eigenvalue weighted by atomic mass is 79.9. The van der Waals surface area contributed by atoms with Crippen molar-refractivity contribution in [2.45, 2.75) is 32.1 Å². The summed E-state index contributed by atoms with van der Waals surface area (Å²) in [5.74, 6) is 1.05. The van der Waals surface area contributed by atoms with Crippen molar-refractivity contribution in [1.29, 1.82) is 5.26 Å². The Bertz CT molecular complexity index is 864. The van der Waals surface area contributed by atoms with Gasteiger partial charge in [-0.05, 0) is 37.5 Å². The summed E-state index contributed by atoms with van der Waals surface area (Å²) in [5.41, 5.74) is 3.89. The third-order valence-electron chi connectivity index (χ3n) is 4.70. The summed E-state index contributed by atoms with van der Waals surface area (Å²) in [6.45, 7) is 2.07. The number of hydrogen-bond donors (Lipinski definition) is 1. The van der Waals surface area contributed by atoms with E-state index >= 15 is 0 Å². The lowest BCUT2D eigenvalue weighted by Crippen LogP contribution is -2.31. The van der Waals surface area contributed by atoms with E-state index in [1.54, 1.807) is 0 Å². The van der Waals surface area contributed by atoms with Crippen LogP contribution in [0.5, 0.6) is 11.5 Å². The van der Waals surface area contributed by atoms with E-state index in [4.69, 9.17) is 9.47 Å².